The molecule has 2 heterocycles. The third-order valence-corrected chi connectivity index (χ3v) is 22.0. The first-order chi connectivity index (χ1) is 15.5. The molecule has 3 rings (SSSR count). The normalized spacial score (nSPS) is 12.4. The standard InChI is InChI=1S/C27H40GeO2S2Si/c1-9-29-16-17-30-23-12-10-22(11-13-23)14-15-28(4,5)25-19-20(2)26(32-25)24-18-21(3)27(31-24)33(6,7)8/h10-13,18-19H,9,14-17H2,1-8H3. The minimum absolute atomic E-state index is 0.610. The van der Waals surface area contributed by atoms with Crippen LogP contribution in [0.1, 0.15) is 23.6 Å². The number of rotatable bonds is 11. The number of hydrogen-bond donors (Lipinski definition) is 0. The van der Waals surface area contributed by atoms with E-state index in [9.17, 15) is 0 Å². The molecule has 33 heavy (non-hydrogen) atoms. The van der Waals surface area contributed by atoms with Crippen molar-refractivity contribution in [1.29, 1.82) is 0 Å². The summed E-state index contributed by atoms with van der Waals surface area (Å²) in [5.41, 5.74) is 4.37. The number of thiophene rings is 2. The van der Waals surface area contributed by atoms with E-state index in [1.807, 2.05) is 6.92 Å². The molecule has 2 aromatic heterocycles. The van der Waals surface area contributed by atoms with Crippen LogP contribution in [0.2, 0.25) is 36.4 Å². The molecule has 0 aliphatic carbocycles. The fourth-order valence-corrected chi connectivity index (χ4v) is 15.8. The van der Waals surface area contributed by atoms with Gasteiger partial charge in [0.05, 0.1) is 0 Å². The molecule has 2 nitrogen and oxygen atoms in total. The first-order valence-corrected chi connectivity index (χ1v) is 23.9. The van der Waals surface area contributed by atoms with E-state index in [0.717, 1.165) is 18.8 Å². The molecule has 180 valence electrons. The second-order valence-electron chi connectivity index (χ2n) is 10.6. The van der Waals surface area contributed by atoms with E-state index in [1.54, 1.807) is 8.21 Å². The minimum atomic E-state index is -2.09. The van der Waals surface area contributed by atoms with Gasteiger partial charge in [-0.3, -0.25) is 0 Å². The van der Waals surface area contributed by atoms with E-state index in [1.165, 1.54) is 31.7 Å². The van der Waals surface area contributed by atoms with Gasteiger partial charge in [-0.1, -0.05) is 0 Å². The van der Waals surface area contributed by atoms with Crippen molar-refractivity contribution >= 4 is 52.2 Å². The van der Waals surface area contributed by atoms with Gasteiger partial charge in [0.25, 0.3) is 0 Å². The number of hydrogen-bond acceptors (Lipinski definition) is 4. The van der Waals surface area contributed by atoms with Crippen molar-refractivity contribution < 1.29 is 9.47 Å². The van der Waals surface area contributed by atoms with Crippen LogP contribution in [-0.2, 0) is 11.2 Å². The molecule has 0 unspecified atom stereocenters. The molecular weight excluding hydrogens is 521 g/mol. The van der Waals surface area contributed by atoms with E-state index in [-0.39, 0.29) is 0 Å². The van der Waals surface area contributed by atoms with Crippen molar-refractivity contribution in [1.82, 2.24) is 0 Å². The molecule has 0 fully saturated rings. The van der Waals surface area contributed by atoms with Crippen molar-refractivity contribution in [2.45, 2.75) is 63.6 Å². The van der Waals surface area contributed by atoms with Gasteiger partial charge in [0, 0.05) is 0 Å². The molecule has 0 saturated heterocycles. The van der Waals surface area contributed by atoms with Crippen LogP contribution in [0.3, 0.4) is 0 Å². The SMILES string of the molecule is CCOCCOc1ccc(C[CH2][Ge]([CH3])([CH3])[c]2cc(C)c(-c3cc(C)c([Si](C)(C)C)s3)s2)cc1. The summed E-state index contributed by atoms with van der Waals surface area (Å²) < 4.78 is 14.4. The van der Waals surface area contributed by atoms with Crippen LogP contribution in [0.25, 0.3) is 9.75 Å². The van der Waals surface area contributed by atoms with Gasteiger partial charge in [0.1, 0.15) is 0 Å². The van der Waals surface area contributed by atoms with E-state index in [2.05, 4.69) is 104 Å². The van der Waals surface area contributed by atoms with Gasteiger partial charge in [-0.25, -0.2) is 0 Å². The quantitative estimate of drug-likeness (QED) is 0.182. The van der Waals surface area contributed by atoms with Crippen LogP contribution < -0.4 is 12.9 Å². The number of benzene rings is 1. The van der Waals surface area contributed by atoms with Gasteiger partial charge in [-0.15, -0.1) is 0 Å². The Balaban J connectivity index is 1.66. The van der Waals surface area contributed by atoms with Gasteiger partial charge in [-0.05, 0) is 0 Å². The third-order valence-electron chi connectivity index (χ3n) is 6.07. The molecule has 0 radical (unpaired) electrons. The number of aryl methyl sites for hydroxylation is 3. The second-order valence-corrected chi connectivity index (χ2v) is 28.9. The summed E-state index contributed by atoms with van der Waals surface area (Å²) in [6.45, 7) is 16.0. The zero-order valence-corrected chi connectivity index (χ0v) is 26.4. The fourth-order valence-electron chi connectivity index (χ4n) is 4.09. The Morgan fingerprint density at radius 2 is 1.61 bits per heavy atom. The molecule has 0 bridgehead atoms. The Morgan fingerprint density at radius 1 is 0.909 bits per heavy atom. The number of ether oxygens (including phenoxy) is 2. The summed E-state index contributed by atoms with van der Waals surface area (Å²) in [5.74, 6) is 6.09. The average Bonchev–Trinajstić information content (AvgIpc) is 3.33. The predicted octanol–water partition coefficient (Wildman–Crippen LogP) is 7.21. The summed E-state index contributed by atoms with van der Waals surface area (Å²) in [6.07, 6.45) is 1.15. The van der Waals surface area contributed by atoms with E-state index >= 15 is 0 Å². The molecule has 0 aliphatic heterocycles. The van der Waals surface area contributed by atoms with Crippen LogP contribution in [0.4, 0.5) is 0 Å². The van der Waals surface area contributed by atoms with Crippen LogP contribution in [0, 0.1) is 13.8 Å². The molecule has 3 aromatic rings. The summed E-state index contributed by atoms with van der Waals surface area (Å²) in [6, 6.07) is 13.6. The third kappa shape index (κ3) is 7.07. The molecule has 1 aromatic carbocycles. The summed E-state index contributed by atoms with van der Waals surface area (Å²) >= 11 is 2.04. The second kappa shape index (κ2) is 11.3. The van der Waals surface area contributed by atoms with E-state index < -0.39 is 21.3 Å². The Hall–Kier alpha value is -0.860. The molecule has 0 spiro atoms. The van der Waals surface area contributed by atoms with E-state index in [0.29, 0.717) is 13.2 Å². The van der Waals surface area contributed by atoms with Crippen LogP contribution >= 0.6 is 22.7 Å². The summed E-state index contributed by atoms with van der Waals surface area (Å²) in [5, 5.41) is 1.31. The average molecular weight is 561 g/mol. The van der Waals surface area contributed by atoms with E-state index in [4.69, 9.17) is 9.47 Å². The van der Waals surface area contributed by atoms with Crippen molar-refractivity contribution in [3.63, 3.8) is 0 Å². The summed E-state index contributed by atoms with van der Waals surface area (Å²) in [4.78, 5) is 2.99. The Kier molecular flexibility index (Phi) is 9.12. The Labute approximate surface area is 212 Å². The van der Waals surface area contributed by atoms with Gasteiger partial charge in [-0.2, -0.15) is 0 Å². The fraction of sp³-hybridized carbons (Fsp3) is 0.481. The molecule has 0 amide bonds. The van der Waals surface area contributed by atoms with Crippen LogP contribution in [-0.4, -0.2) is 41.2 Å². The van der Waals surface area contributed by atoms with Crippen LogP contribution in [0.15, 0.2) is 36.4 Å². The molecule has 0 atom stereocenters. The Bertz CT molecular complexity index is 1050. The molecule has 6 heteroatoms. The van der Waals surface area contributed by atoms with Gasteiger partial charge >= 0.3 is 214 Å². The van der Waals surface area contributed by atoms with Crippen LogP contribution in [0.5, 0.6) is 5.75 Å². The van der Waals surface area contributed by atoms with Gasteiger partial charge in [0.15, 0.2) is 0 Å². The van der Waals surface area contributed by atoms with Crippen molar-refractivity contribution in [2.75, 3.05) is 19.8 Å². The zero-order valence-electron chi connectivity index (χ0n) is 21.6. The van der Waals surface area contributed by atoms with Crippen molar-refractivity contribution in [3.05, 3.63) is 53.1 Å². The van der Waals surface area contributed by atoms with Crippen molar-refractivity contribution in [2.24, 2.45) is 0 Å². The maximum absolute atomic E-state index is 5.76. The van der Waals surface area contributed by atoms with Crippen molar-refractivity contribution in [3.8, 4) is 15.5 Å². The first-order valence-electron chi connectivity index (χ1n) is 12.0. The molecule has 0 aliphatic rings. The van der Waals surface area contributed by atoms with Gasteiger partial charge < -0.3 is 0 Å². The zero-order chi connectivity index (χ0) is 24.2. The summed E-state index contributed by atoms with van der Waals surface area (Å²) in [7, 11) is -1.28. The molecule has 0 saturated carbocycles. The monoisotopic (exact) mass is 562 g/mol. The first kappa shape index (κ1) is 26.7. The molecule has 0 N–H and O–H groups in total. The van der Waals surface area contributed by atoms with Gasteiger partial charge in [0.2, 0.25) is 0 Å². The maximum atomic E-state index is 5.76. The molecular formula is C27H40GeO2S2Si. The predicted molar refractivity (Wildman–Crippen MR) is 154 cm³/mol. The topological polar surface area (TPSA) is 18.5 Å². The Morgan fingerprint density at radius 3 is 2.21 bits per heavy atom.